The van der Waals surface area contributed by atoms with Crippen molar-refractivity contribution in [2.75, 3.05) is 5.73 Å². The number of aryl methyl sites for hydroxylation is 2. The second-order valence-electron chi connectivity index (χ2n) is 4.40. The van der Waals surface area contributed by atoms with Crippen molar-refractivity contribution in [3.05, 3.63) is 40.1 Å². The average molecular weight is 356 g/mol. The highest BCUT2D eigenvalue weighted by Gasteiger charge is 2.17. The van der Waals surface area contributed by atoms with E-state index in [2.05, 4.69) is 28.0 Å². The van der Waals surface area contributed by atoms with Gasteiger partial charge in [0.05, 0.1) is 37.3 Å². The SMILES string of the molecule is CCc1nn(CC)c(CS(=O)c2ccccc2N)c1Br. The molecule has 1 atom stereocenters. The van der Waals surface area contributed by atoms with Crippen LogP contribution in [0.25, 0.3) is 0 Å². The van der Waals surface area contributed by atoms with E-state index in [1.165, 1.54) is 0 Å². The first-order valence-electron chi connectivity index (χ1n) is 6.55. The Morgan fingerprint density at radius 2 is 2.05 bits per heavy atom. The number of hydrogen-bond acceptors (Lipinski definition) is 3. The Morgan fingerprint density at radius 3 is 2.65 bits per heavy atom. The molecule has 0 bridgehead atoms. The first-order chi connectivity index (χ1) is 9.58. The minimum Gasteiger partial charge on any atom is -0.398 e. The molecule has 0 aliphatic heterocycles. The Bertz CT molecular complexity index is 639. The molecule has 1 unspecified atom stereocenters. The van der Waals surface area contributed by atoms with Gasteiger partial charge in [0.1, 0.15) is 0 Å². The third kappa shape index (κ3) is 2.96. The minimum absolute atomic E-state index is 0.412. The summed E-state index contributed by atoms with van der Waals surface area (Å²) in [6.45, 7) is 4.85. The van der Waals surface area contributed by atoms with Crippen molar-refractivity contribution in [2.45, 2.75) is 37.5 Å². The van der Waals surface area contributed by atoms with E-state index in [1.54, 1.807) is 6.07 Å². The Morgan fingerprint density at radius 1 is 1.35 bits per heavy atom. The van der Waals surface area contributed by atoms with Crippen LogP contribution in [0, 0.1) is 0 Å². The molecule has 1 heterocycles. The Kier molecular flexibility index (Phi) is 4.99. The normalized spacial score (nSPS) is 12.6. The third-order valence-corrected chi connectivity index (χ3v) is 5.44. The van der Waals surface area contributed by atoms with Gasteiger partial charge in [-0.15, -0.1) is 0 Å². The van der Waals surface area contributed by atoms with Gasteiger partial charge in [-0.05, 0) is 41.4 Å². The maximum absolute atomic E-state index is 12.5. The molecule has 4 nitrogen and oxygen atoms in total. The van der Waals surface area contributed by atoms with Gasteiger partial charge >= 0.3 is 0 Å². The van der Waals surface area contributed by atoms with Gasteiger partial charge in [0.2, 0.25) is 0 Å². The van der Waals surface area contributed by atoms with Crippen LogP contribution in [0.2, 0.25) is 0 Å². The fraction of sp³-hybridized carbons (Fsp3) is 0.357. The largest absolute Gasteiger partial charge is 0.398 e. The lowest BCUT2D eigenvalue weighted by molar-refractivity contribution is 0.623. The van der Waals surface area contributed by atoms with Crippen LogP contribution in [-0.2, 0) is 29.5 Å². The summed E-state index contributed by atoms with van der Waals surface area (Å²) in [5.74, 6) is 0.412. The monoisotopic (exact) mass is 355 g/mol. The van der Waals surface area contributed by atoms with Crippen molar-refractivity contribution in [3.8, 4) is 0 Å². The molecular weight excluding hydrogens is 338 g/mol. The molecule has 0 fully saturated rings. The molecule has 0 radical (unpaired) electrons. The van der Waals surface area contributed by atoms with Gasteiger partial charge in [-0.25, -0.2) is 0 Å². The molecule has 0 saturated heterocycles. The second-order valence-corrected chi connectivity index (χ2v) is 6.62. The number of nitrogen functional groups attached to an aromatic ring is 1. The highest BCUT2D eigenvalue weighted by Crippen LogP contribution is 2.26. The van der Waals surface area contributed by atoms with E-state index < -0.39 is 10.8 Å². The van der Waals surface area contributed by atoms with E-state index in [-0.39, 0.29) is 0 Å². The molecular formula is C14H18BrN3OS. The van der Waals surface area contributed by atoms with Crippen LogP contribution >= 0.6 is 15.9 Å². The lowest BCUT2D eigenvalue weighted by atomic mass is 10.3. The summed E-state index contributed by atoms with van der Waals surface area (Å²) < 4.78 is 15.4. The molecule has 108 valence electrons. The average Bonchev–Trinajstić information content (AvgIpc) is 2.75. The number of para-hydroxylation sites is 1. The first kappa shape index (κ1) is 15.3. The molecule has 6 heteroatoms. The van der Waals surface area contributed by atoms with E-state index in [9.17, 15) is 4.21 Å². The molecule has 0 amide bonds. The topological polar surface area (TPSA) is 60.9 Å². The van der Waals surface area contributed by atoms with Crippen molar-refractivity contribution >= 4 is 32.4 Å². The van der Waals surface area contributed by atoms with Crippen LogP contribution in [0.3, 0.4) is 0 Å². The van der Waals surface area contributed by atoms with Crippen molar-refractivity contribution in [1.82, 2.24) is 9.78 Å². The highest BCUT2D eigenvalue weighted by molar-refractivity contribution is 9.10. The van der Waals surface area contributed by atoms with Gasteiger partial charge in [-0.3, -0.25) is 8.89 Å². The minimum atomic E-state index is -1.17. The number of rotatable bonds is 5. The van der Waals surface area contributed by atoms with E-state index in [0.29, 0.717) is 16.3 Å². The summed E-state index contributed by atoms with van der Waals surface area (Å²) in [5, 5.41) is 4.52. The fourth-order valence-electron chi connectivity index (χ4n) is 2.04. The Labute approximate surface area is 130 Å². The number of nitrogens with two attached hydrogens (primary N) is 1. The lowest BCUT2D eigenvalue weighted by Crippen LogP contribution is -2.07. The zero-order valence-electron chi connectivity index (χ0n) is 11.6. The van der Waals surface area contributed by atoms with E-state index in [1.807, 2.05) is 29.8 Å². The van der Waals surface area contributed by atoms with Gasteiger partial charge in [0, 0.05) is 12.2 Å². The number of benzene rings is 1. The first-order valence-corrected chi connectivity index (χ1v) is 8.66. The quantitative estimate of drug-likeness (QED) is 0.838. The number of anilines is 1. The highest BCUT2D eigenvalue weighted by atomic mass is 79.9. The van der Waals surface area contributed by atoms with Gasteiger partial charge in [0.25, 0.3) is 0 Å². The number of aromatic nitrogens is 2. The van der Waals surface area contributed by atoms with Crippen LogP contribution in [0.5, 0.6) is 0 Å². The molecule has 2 aromatic rings. The molecule has 0 aliphatic rings. The number of hydrogen-bond donors (Lipinski definition) is 1. The molecule has 2 N–H and O–H groups in total. The van der Waals surface area contributed by atoms with Crippen LogP contribution in [0.4, 0.5) is 5.69 Å². The summed E-state index contributed by atoms with van der Waals surface area (Å²) >= 11 is 3.57. The summed E-state index contributed by atoms with van der Waals surface area (Å²) in [6.07, 6.45) is 0.848. The van der Waals surface area contributed by atoms with E-state index >= 15 is 0 Å². The smallest absolute Gasteiger partial charge is 0.0767 e. The molecule has 0 saturated carbocycles. The van der Waals surface area contributed by atoms with E-state index in [0.717, 1.165) is 28.8 Å². The van der Waals surface area contributed by atoms with Crippen molar-refractivity contribution < 1.29 is 4.21 Å². The number of nitrogens with zero attached hydrogens (tertiary/aromatic N) is 2. The Hall–Kier alpha value is -1.14. The van der Waals surface area contributed by atoms with Gasteiger partial charge in [-0.1, -0.05) is 19.1 Å². The fourth-order valence-corrected chi connectivity index (χ4v) is 4.19. The molecule has 0 spiro atoms. The molecule has 2 rings (SSSR count). The summed E-state index contributed by atoms with van der Waals surface area (Å²) in [5.41, 5.74) is 8.42. The predicted molar refractivity (Wildman–Crippen MR) is 85.9 cm³/mol. The maximum atomic E-state index is 12.5. The third-order valence-electron chi connectivity index (χ3n) is 3.13. The Balaban J connectivity index is 2.33. The van der Waals surface area contributed by atoms with E-state index in [4.69, 9.17) is 5.73 Å². The zero-order valence-corrected chi connectivity index (χ0v) is 14.0. The standard InChI is InChI=1S/C14H18BrN3OS/c1-3-11-14(15)12(18(4-2)17-11)9-20(19)13-8-6-5-7-10(13)16/h5-8H,3-4,9,16H2,1-2H3. The van der Waals surface area contributed by atoms with Gasteiger partial charge < -0.3 is 5.73 Å². The van der Waals surface area contributed by atoms with Crippen LogP contribution in [0.1, 0.15) is 25.2 Å². The maximum Gasteiger partial charge on any atom is 0.0767 e. The van der Waals surface area contributed by atoms with Crippen LogP contribution in [-0.4, -0.2) is 14.0 Å². The summed E-state index contributed by atoms with van der Waals surface area (Å²) in [7, 11) is -1.17. The van der Waals surface area contributed by atoms with Crippen LogP contribution in [0.15, 0.2) is 33.6 Å². The summed E-state index contributed by atoms with van der Waals surface area (Å²) in [4.78, 5) is 0.682. The zero-order chi connectivity index (χ0) is 14.7. The lowest BCUT2D eigenvalue weighted by Gasteiger charge is -2.07. The summed E-state index contributed by atoms with van der Waals surface area (Å²) in [6, 6.07) is 7.29. The molecule has 1 aromatic carbocycles. The second kappa shape index (κ2) is 6.54. The number of halogens is 1. The van der Waals surface area contributed by atoms with Gasteiger partial charge in [-0.2, -0.15) is 5.10 Å². The van der Waals surface area contributed by atoms with Gasteiger partial charge in [0.15, 0.2) is 0 Å². The van der Waals surface area contributed by atoms with Crippen molar-refractivity contribution in [2.24, 2.45) is 0 Å². The van der Waals surface area contributed by atoms with Crippen molar-refractivity contribution in [1.29, 1.82) is 0 Å². The van der Waals surface area contributed by atoms with Crippen molar-refractivity contribution in [3.63, 3.8) is 0 Å². The molecule has 20 heavy (non-hydrogen) atoms. The predicted octanol–water partition coefficient (Wildman–Crippen LogP) is 3.12. The molecule has 0 aliphatic carbocycles. The van der Waals surface area contributed by atoms with Crippen LogP contribution < -0.4 is 5.73 Å². The molecule has 1 aromatic heterocycles.